The van der Waals surface area contributed by atoms with Gasteiger partial charge in [0.15, 0.2) is 0 Å². The number of carbonyl (C=O) groups is 2. The van der Waals surface area contributed by atoms with Crippen molar-refractivity contribution in [2.24, 2.45) is 7.05 Å². The summed E-state index contributed by atoms with van der Waals surface area (Å²) in [5.74, 6) is 0.301. The Kier molecular flexibility index (Phi) is 8.82. The van der Waals surface area contributed by atoms with Gasteiger partial charge in [-0.1, -0.05) is 53.0 Å². The number of nitrogens with zero attached hydrogens (tertiary/aromatic N) is 4. The van der Waals surface area contributed by atoms with Gasteiger partial charge in [-0.25, -0.2) is 9.97 Å². The highest BCUT2D eigenvalue weighted by molar-refractivity contribution is 6.38. The second-order valence-corrected chi connectivity index (χ2v) is 11.0. The molecule has 0 radical (unpaired) electrons. The van der Waals surface area contributed by atoms with Gasteiger partial charge in [-0.05, 0) is 61.9 Å². The van der Waals surface area contributed by atoms with Crippen molar-refractivity contribution in [3.8, 4) is 5.75 Å². The van der Waals surface area contributed by atoms with Crippen LogP contribution < -0.4 is 9.64 Å². The minimum Gasteiger partial charge on any atom is -0.487 e. The number of aromatic nitrogens is 3. The van der Waals surface area contributed by atoms with E-state index in [1.807, 2.05) is 43.3 Å². The fourth-order valence-electron chi connectivity index (χ4n) is 4.69. The molecule has 0 aliphatic carbocycles. The predicted octanol–water partition coefficient (Wildman–Crippen LogP) is 7.64. The second-order valence-electron chi connectivity index (χ2n) is 9.85. The number of para-hydroxylation sites is 1. The molecule has 10 heteroatoms. The summed E-state index contributed by atoms with van der Waals surface area (Å²) >= 11 is 19.1. The summed E-state index contributed by atoms with van der Waals surface area (Å²) in [6.45, 7) is 2.03. The molecule has 5 rings (SSSR count). The third-order valence-electron chi connectivity index (χ3n) is 7.14. The molecule has 0 saturated carbocycles. The first-order valence-corrected chi connectivity index (χ1v) is 14.3. The van der Waals surface area contributed by atoms with Crippen LogP contribution in [0, 0.1) is 6.92 Å². The molecule has 0 fully saturated rings. The van der Waals surface area contributed by atoms with E-state index in [0.29, 0.717) is 49.9 Å². The Morgan fingerprint density at radius 1 is 0.976 bits per heavy atom. The normalized spacial score (nSPS) is 11.1. The molecule has 42 heavy (non-hydrogen) atoms. The van der Waals surface area contributed by atoms with Crippen LogP contribution in [0.3, 0.4) is 0 Å². The first-order valence-electron chi connectivity index (χ1n) is 13.2. The molecule has 3 aromatic heterocycles. The number of anilines is 1. The average Bonchev–Trinajstić information content (AvgIpc) is 3.35. The number of halogens is 3. The van der Waals surface area contributed by atoms with Gasteiger partial charge in [0.25, 0.3) is 0 Å². The van der Waals surface area contributed by atoms with Crippen LogP contribution in [-0.2, 0) is 24.9 Å². The van der Waals surface area contributed by atoms with E-state index in [9.17, 15) is 9.59 Å². The van der Waals surface area contributed by atoms with E-state index in [0.717, 1.165) is 22.3 Å². The third kappa shape index (κ3) is 6.14. The fraction of sp³-hybridized carbons (Fsp3) is 0.188. The van der Waals surface area contributed by atoms with Crippen molar-refractivity contribution in [1.82, 2.24) is 14.5 Å². The second kappa shape index (κ2) is 12.5. The zero-order valence-electron chi connectivity index (χ0n) is 23.2. The van der Waals surface area contributed by atoms with Gasteiger partial charge < -0.3 is 14.2 Å². The Morgan fingerprint density at radius 3 is 2.55 bits per heavy atom. The first kappa shape index (κ1) is 29.6. The molecule has 0 unspecified atom stereocenters. The van der Waals surface area contributed by atoms with Crippen molar-refractivity contribution in [3.63, 3.8) is 0 Å². The molecule has 0 aliphatic heterocycles. The lowest BCUT2D eigenvalue weighted by Crippen LogP contribution is -2.27. The van der Waals surface area contributed by atoms with Crippen molar-refractivity contribution >= 4 is 63.1 Å². The maximum Gasteiger partial charge on any atom is 0.227 e. The molecule has 5 aromatic rings. The number of rotatable bonds is 9. The summed E-state index contributed by atoms with van der Waals surface area (Å²) in [6, 6.07) is 19.9. The number of pyridine rings is 2. The van der Waals surface area contributed by atoms with Crippen LogP contribution in [0.2, 0.25) is 15.2 Å². The van der Waals surface area contributed by atoms with Gasteiger partial charge in [0.1, 0.15) is 23.0 Å². The van der Waals surface area contributed by atoms with Crippen molar-refractivity contribution < 1.29 is 14.3 Å². The lowest BCUT2D eigenvalue weighted by molar-refractivity contribution is -0.118. The monoisotopic (exact) mass is 620 g/mol. The smallest absolute Gasteiger partial charge is 0.227 e. The molecule has 214 valence electrons. The summed E-state index contributed by atoms with van der Waals surface area (Å²) in [4.78, 5) is 36.3. The van der Waals surface area contributed by atoms with E-state index in [-0.39, 0.29) is 24.7 Å². The molecule has 0 atom stereocenters. The maximum atomic E-state index is 13.2. The molecule has 0 N–H and O–H groups in total. The molecule has 3 heterocycles. The van der Waals surface area contributed by atoms with Gasteiger partial charge in [-0.15, -0.1) is 0 Å². The van der Waals surface area contributed by atoms with Crippen LogP contribution in [0.15, 0.2) is 72.9 Å². The van der Waals surface area contributed by atoms with Crippen molar-refractivity contribution in [1.29, 1.82) is 0 Å². The van der Waals surface area contributed by atoms with Crippen LogP contribution in [0.5, 0.6) is 5.75 Å². The number of benzene rings is 2. The highest BCUT2D eigenvalue weighted by atomic mass is 35.5. The Bertz CT molecular complexity index is 1800. The summed E-state index contributed by atoms with van der Waals surface area (Å²) in [5, 5.41) is 2.06. The summed E-state index contributed by atoms with van der Waals surface area (Å²) in [7, 11) is 3.47. The molecular formula is C32H27Cl3N4O3. The molecule has 7 nitrogen and oxygen atoms in total. The maximum absolute atomic E-state index is 13.2. The molecule has 1 amide bonds. The Morgan fingerprint density at radius 2 is 1.79 bits per heavy atom. The highest BCUT2D eigenvalue weighted by Crippen LogP contribution is 2.35. The Balaban J connectivity index is 1.28. The van der Waals surface area contributed by atoms with Gasteiger partial charge in [-0.2, -0.15) is 0 Å². The average molecular weight is 622 g/mol. The molecule has 2 aromatic carbocycles. The number of ketones is 1. The minimum atomic E-state index is -0.173. The molecular weight excluding hydrogens is 595 g/mol. The van der Waals surface area contributed by atoms with E-state index in [2.05, 4.69) is 9.97 Å². The van der Waals surface area contributed by atoms with Crippen LogP contribution in [0.25, 0.3) is 10.9 Å². The van der Waals surface area contributed by atoms with Crippen LogP contribution in [-0.4, -0.2) is 33.3 Å². The van der Waals surface area contributed by atoms with Gasteiger partial charge in [-0.3, -0.25) is 9.59 Å². The number of ether oxygens (including phenoxy) is 1. The topological polar surface area (TPSA) is 77.3 Å². The summed E-state index contributed by atoms with van der Waals surface area (Å²) in [6.07, 6.45) is 2.08. The van der Waals surface area contributed by atoms with Gasteiger partial charge >= 0.3 is 0 Å². The van der Waals surface area contributed by atoms with E-state index < -0.39 is 0 Å². The molecule has 0 spiro atoms. The van der Waals surface area contributed by atoms with Gasteiger partial charge in [0, 0.05) is 59.6 Å². The quantitative estimate of drug-likeness (QED) is 0.125. The zero-order valence-corrected chi connectivity index (χ0v) is 25.5. The standard InChI is InChI=1S/C32H27Cl3N4O3/c1-19-7-8-20-5-4-6-27(31(20)37-19)42-18-23-24(33)12-14-25(30(23)35)39(3)29(40)16-11-22-10-13-26(38(22)2)32(41)21-9-15-28(34)36-17-21/h4-10,12-15,17H,11,16,18H2,1-3H3. The SMILES string of the molecule is Cc1ccc2cccc(OCc3c(Cl)ccc(N(C)C(=O)CCc4ccc(C(=O)c5ccc(Cl)nc5)n4C)c3Cl)c2n1. The first-order chi connectivity index (χ1) is 20.1. The Labute approximate surface area is 258 Å². The minimum absolute atomic E-state index is 0.103. The van der Waals surface area contributed by atoms with Crippen LogP contribution in [0.1, 0.15) is 39.4 Å². The summed E-state index contributed by atoms with van der Waals surface area (Å²) < 4.78 is 7.91. The third-order valence-corrected chi connectivity index (χ3v) is 8.14. The number of hydrogen-bond donors (Lipinski definition) is 0. The van der Waals surface area contributed by atoms with Crippen molar-refractivity contribution in [2.75, 3.05) is 11.9 Å². The fourth-order valence-corrected chi connectivity index (χ4v) is 5.41. The lowest BCUT2D eigenvalue weighted by Gasteiger charge is -2.21. The largest absolute Gasteiger partial charge is 0.487 e. The summed E-state index contributed by atoms with van der Waals surface area (Å²) in [5.41, 5.74) is 4.51. The molecule has 0 bridgehead atoms. The van der Waals surface area contributed by atoms with E-state index >= 15 is 0 Å². The van der Waals surface area contributed by atoms with Crippen LogP contribution >= 0.6 is 34.8 Å². The predicted molar refractivity (Wildman–Crippen MR) is 167 cm³/mol. The van der Waals surface area contributed by atoms with E-state index in [4.69, 9.17) is 39.5 Å². The molecule has 0 aliphatic rings. The number of fused-ring (bicyclic) bond motifs is 1. The highest BCUT2D eigenvalue weighted by Gasteiger charge is 2.21. The van der Waals surface area contributed by atoms with Crippen molar-refractivity contribution in [2.45, 2.75) is 26.4 Å². The number of hydrogen-bond acceptors (Lipinski definition) is 5. The molecule has 0 saturated heterocycles. The Hall–Kier alpha value is -3.91. The van der Waals surface area contributed by atoms with E-state index in [1.54, 1.807) is 49.0 Å². The number of aryl methyl sites for hydroxylation is 2. The number of amides is 1. The number of carbonyl (C=O) groups excluding carboxylic acids is 2. The lowest BCUT2D eigenvalue weighted by atomic mass is 10.1. The van der Waals surface area contributed by atoms with Gasteiger partial charge in [0.05, 0.1) is 16.4 Å². The van der Waals surface area contributed by atoms with Crippen molar-refractivity contribution in [3.05, 3.63) is 116 Å². The van der Waals surface area contributed by atoms with Crippen LogP contribution in [0.4, 0.5) is 5.69 Å². The zero-order chi connectivity index (χ0) is 30.0. The van der Waals surface area contributed by atoms with Gasteiger partial charge in [0.2, 0.25) is 11.7 Å². The van der Waals surface area contributed by atoms with E-state index in [1.165, 1.54) is 11.1 Å².